The van der Waals surface area contributed by atoms with Crippen molar-refractivity contribution in [2.24, 2.45) is 0 Å². The van der Waals surface area contributed by atoms with Crippen molar-refractivity contribution in [2.45, 2.75) is 12.8 Å². The monoisotopic (exact) mass is 926 g/mol. The summed E-state index contributed by atoms with van der Waals surface area (Å²) < 4.78 is 43.7. The van der Waals surface area contributed by atoms with Crippen LogP contribution in [0.5, 0.6) is 0 Å². The first-order valence-electron chi connectivity index (χ1n) is 11.5. The summed E-state index contributed by atoms with van der Waals surface area (Å²) in [6.07, 6.45) is 16.3. The molecule has 0 amide bonds. The van der Waals surface area contributed by atoms with E-state index in [4.69, 9.17) is 12.8 Å². The summed E-state index contributed by atoms with van der Waals surface area (Å²) in [6.45, 7) is 0. The zero-order valence-corrected chi connectivity index (χ0v) is 26.7. The van der Waals surface area contributed by atoms with Gasteiger partial charge in [-0.1, -0.05) is 66.2 Å². The average molecular weight is 926 g/mol. The van der Waals surface area contributed by atoms with E-state index < -0.39 is 23.0 Å². The number of benzene rings is 4. The number of halogens is 4. The summed E-state index contributed by atoms with van der Waals surface area (Å²) >= 11 is 0. The van der Waals surface area contributed by atoms with Crippen LogP contribution in [0.3, 0.4) is 0 Å². The van der Waals surface area contributed by atoms with E-state index in [2.05, 4.69) is 78.6 Å². The number of rotatable bonds is 2. The van der Waals surface area contributed by atoms with E-state index in [1.165, 1.54) is 44.5 Å². The van der Waals surface area contributed by atoms with Gasteiger partial charge in [0.05, 0.1) is 0 Å². The topological polar surface area (TPSA) is 0 Å². The molecule has 0 bridgehead atoms. The first kappa shape index (κ1) is 33.3. The maximum absolute atomic E-state index is 10.9. The molecule has 0 saturated heterocycles. The third kappa shape index (κ3) is 8.52. The molecule has 0 N–H and O–H groups in total. The van der Waals surface area contributed by atoms with Gasteiger partial charge >= 0.3 is 61.8 Å². The zero-order chi connectivity index (χ0) is 26.4. The first-order valence-corrected chi connectivity index (χ1v) is 14.4. The minimum absolute atomic E-state index is 0. The molecule has 0 fully saturated rings. The maximum atomic E-state index is 10.9. The zero-order valence-electron chi connectivity index (χ0n) is 20.3. The molecule has 2 aliphatic rings. The molecular weight excluding hydrogens is 904 g/mol. The van der Waals surface area contributed by atoms with Gasteiger partial charge in [-0.05, 0) is 68.6 Å². The quantitative estimate of drug-likeness (QED) is 0.0535. The Morgan fingerprint density at radius 2 is 0.974 bits per heavy atom. The van der Waals surface area contributed by atoms with Gasteiger partial charge in [-0.2, -0.15) is 0 Å². The van der Waals surface area contributed by atoms with E-state index in [1.807, 2.05) is 18.2 Å². The second-order valence-electron chi connectivity index (χ2n) is 8.52. The van der Waals surface area contributed by atoms with Gasteiger partial charge in [0.1, 0.15) is 0 Å². The molecule has 0 atom stereocenters. The predicted octanol–water partition coefficient (Wildman–Crippen LogP) is 9.30. The smallest absolute Gasteiger partial charge is 0.366 e. The van der Waals surface area contributed by atoms with Gasteiger partial charge in [-0.3, -0.25) is 11.8 Å². The van der Waals surface area contributed by atoms with Crippen LogP contribution in [-0.2, 0) is 57.6 Å². The molecule has 0 heterocycles. The molecule has 0 aliphatic heterocycles. The van der Waals surface area contributed by atoms with Crippen LogP contribution in [0.2, 0.25) is 0 Å². The largest absolute Gasteiger partial charge is 1.00 e. The van der Waals surface area contributed by atoms with Crippen molar-refractivity contribution in [1.82, 2.24) is 0 Å². The van der Waals surface area contributed by atoms with Crippen LogP contribution >= 0.6 is 17.1 Å². The fourth-order valence-electron chi connectivity index (χ4n) is 4.53. The van der Waals surface area contributed by atoms with Crippen LogP contribution in [0.4, 0.5) is 16.8 Å². The third-order valence-corrected chi connectivity index (χ3v) is 8.29. The van der Waals surface area contributed by atoms with Crippen molar-refractivity contribution >= 4 is 17.1 Å². The van der Waals surface area contributed by atoms with Crippen molar-refractivity contribution in [1.29, 1.82) is 0 Å². The Morgan fingerprint density at radius 1 is 0.538 bits per heavy atom. The Labute approximate surface area is 261 Å². The van der Waals surface area contributed by atoms with Crippen molar-refractivity contribution in [3.8, 4) is 34.1 Å². The van der Waals surface area contributed by atoms with Gasteiger partial charge in [0, 0.05) is 0 Å². The molecule has 0 unspecified atom stereocenters. The van der Waals surface area contributed by atoms with Gasteiger partial charge in [-0.25, -0.2) is 0 Å². The number of hydrogen-bond acceptors (Lipinski definition) is 0. The normalized spacial score (nSPS) is 11.0. The van der Waals surface area contributed by atoms with Crippen LogP contribution in [0, 0.1) is 24.7 Å². The minimum atomic E-state index is -3.64. The molecular formula is C31H22Au2F4P2+2. The summed E-state index contributed by atoms with van der Waals surface area (Å²) in [5.74, 6) is 3.77. The van der Waals surface area contributed by atoms with E-state index in [0.717, 1.165) is 24.0 Å². The summed E-state index contributed by atoms with van der Waals surface area (Å²) in [6, 6.07) is 29.2. The van der Waals surface area contributed by atoms with E-state index in [0.29, 0.717) is 0 Å². The minimum Gasteiger partial charge on any atom is -0.366 e. The summed E-state index contributed by atoms with van der Waals surface area (Å²) in [5.41, 5.74) is 12.4. The Morgan fingerprint density at radius 3 is 1.51 bits per heavy atom. The van der Waals surface area contributed by atoms with Crippen LogP contribution in [0.1, 0.15) is 33.4 Å². The fourth-order valence-corrected chi connectivity index (χ4v) is 5.33. The standard InChI is InChI=1S/2C15H9.CH2F4P2.2Au/c1-2-11-7-8-15-13(9-11)10-12-5-3-4-6-14(12)15;1-2-11-7-8-13-10-12-5-3-4-6-14(12)15(13)9-11;2-6(3)1-7(4)5;;/h2*3-9H,10H2;1H2;;/q2*-1;;2*+1/p+2. The molecule has 4 aromatic rings. The van der Waals surface area contributed by atoms with Crippen LogP contribution in [0.15, 0.2) is 84.9 Å². The van der Waals surface area contributed by atoms with Crippen LogP contribution < -0.4 is 0 Å². The Hall–Kier alpha value is -1.94. The summed E-state index contributed by atoms with van der Waals surface area (Å²) in [4.78, 5) is 0. The van der Waals surface area contributed by atoms with Crippen molar-refractivity contribution < 1.29 is 61.5 Å². The van der Waals surface area contributed by atoms with Crippen LogP contribution in [-0.4, -0.2) is 5.90 Å². The number of hydrogen-bond donors (Lipinski definition) is 0. The maximum Gasteiger partial charge on any atom is 1.00 e. The molecule has 0 radical (unpaired) electrons. The van der Waals surface area contributed by atoms with Gasteiger partial charge in [-0.15, -0.1) is 35.4 Å². The Bertz CT molecular complexity index is 1500. The van der Waals surface area contributed by atoms with Gasteiger partial charge < -0.3 is 12.8 Å². The van der Waals surface area contributed by atoms with E-state index >= 15 is 0 Å². The van der Waals surface area contributed by atoms with E-state index in [9.17, 15) is 16.8 Å². The summed E-state index contributed by atoms with van der Waals surface area (Å²) in [7, 11) is -7.28. The molecule has 6 rings (SSSR count). The van der Waals surface area contributed by atoms with Crippen molar-refractivity contribution in [2.75, 3.05) is 5.90 Å². The van der Waals surface area contributed by atoms with Crippen molar-refractivity contribution in [3.05, 3.63) is 131 Å². The summed E-state index contributed by atoms with van der Waals surface area (Å²) in [5, 5.41) is 0. The second-order valence-corrected chi connectivity index (χ2v) is 11.3. The molecule has 0 saturated carbocycles. The molecule has 0 spiro atoms. The van der Waals surface area contributed by atoms with Gasteiger partial charge in [0.2, 0.25) is 0 Å². The Balaban J connectivity index is 0.000000214. The van der Waals surface area contributed by atoms with Crippen LogP contribution in [0.25, 0.3) is 22.3 Å². The molecule has 39 heavy (non-hydrogen) atoms. The molecule has 2 aliphatic carbocycles. The first-order chi connectivity index (χ1) is 17.9. The molecule has 204 valence electrons. The fraction of sp³-hybridized carbons (Fsp3) is 0.0968. The van der Waals surface area contributed by atoms with Gasteiger partial charge in [0.15, 0.2) is 0 Å². The average Bonchev–Trinajstić information content (AvgIpc) is 3.45. The molecule has 8 heteroatoms. The molecule has 0 nitrogen and oxygen atoms in total. The molecule has 4 aromatic carbocycles. The second kappa shape index (κ2) is 15.7. The molecule has 0 aromatic heterocycles. The SMILES string of the molecule is F[PH+](F)C[PH+](F)F.[Au+].[Au+].[C-]#Cc1ccc2c(c1)-c1ccccc1C2.[C-]#Cc1ccc2c(c1)Cc1ccccc1-2. The van der Waals surface area contributed by atoms with E-state index in [-0.39, 0.29) is 44.8 Å². The third-order valence-electron chi connectivity index (χ3n) is 6.15. The van der Waals surface area contributed by atoms with Gasteiger partial charge in [0.25, 0.3) is 5.90 Å². The predicted molar refractivity (Wildman–Crippen MR) is 148 cm³/mol. The number of fused-ring (bicyclic) bond motifs is 6. The van der Waals surface area contributed by atoms with E-state index in [1.54, 1.807) is 0 Å². The van der Waals surface area contributed by atoms with Crippen molar-refractivity contribution in [3.63, 3.8) is 0 Å². The Kier molecular flexibility index (Phi) is 13.4.